The van der Waals surface area contributed by atoms with Crippen LogP contribution in [0.25, 0.3) is 0 Å². The van der Waals surface area contributed by atoms with E-state index in [1.54, 1.807) is 35.2 Å². The third kappa shape index (κ3) is 5.21. The van der Waals surface area contributed by atoms with Gasteiger partial charge >= 0.3 is 0 Å². The van der Waals surface area contributed by atoms with Gasteiger partial charge in [0.15, 0.2) is 0 Å². The van der Waals surface area contributed by atoms with Gasteiger partial charge in [-0.2, -0.15) is 0 Å². The largest absolute Gasteiger partial charge is 0.395 e. The predicted molar refractivity (Wildman–Crippen MR) is 77.3 cm³/mol. The Morgan fingerprint density at radius 1 is 1.35 bits per heavy atom. The van der Waals surface area contributed by atoms with Crippen LogP contribution in [0, 0.1) is 0 Å². The second kappa shape index (κ2) is 8.08. The summed E-state index contributed by atoms with van der Waals surface area (Å²) in [6.07, 6.45) is 1.67. The van der Waals surface area contributed by atoms with Gasteiger partial charge in [-0.05, 0) is 24.3 Å². The lowest BCUT2D eigenvalue weighted by atomic mass is 10.2. The second-order valence-corrected chi connectivity index (χ2v) is 4.24. The lowest BCUT2D eigenvalue weighted by Gasteiger charge is -2.18. The molecular formula is C14H19N3O3. The van der Waals surface area contributed by atoms with Crippen LogP contribution >= 0.6 is 0 Å². The van der Waals surface area contributed by atoms with Crippen molar-refractivity contribution in [3.05, 3.63) is 42.5 Å². The molecule has 0 fully saturated rings. The Balaban J connectivity index is 2.56. The average Bonchev–Trinajstić information content (AvgIpc) is 2.39. The van der Waals surface area contributed by atoms with Crippen molar-refractivity contribution in [3.8, 4) is 0 Å². The first-order valence-corrected chi connectivity index (χ1v) is 6.20. The van der Waals surface area contributed by atoms with Crippen LogP contribution in [-0.4, -0.2) is 48.1 Å². The Labute approximate surface area is 117 Å². The van der Waals surface area contributed by atoms with E-state index in [1.807, 2.05) is 0 Å². The smallest absolute Gasteiger partial charge is 0.248 e. The molecule has 6 heteroatoms. The van der Waals surface area contributed by atoms with Gasteiger partial charge in [0.2, 0.25) is 11.8 Å². The molecule has 0 unspecified atom stereocenters. The summed E-state index contributed by atoms with van der Waals surface area (Å²) in [4.78, 5) is 24.5. The molecule has 0 bridgehead atoms. The van der Waals surface area contributed by atoms with Gasteiger partial charge in [-0.1, -0.05) is 6.08 Å². The molecule has 0 aliphatic heterocycles. The first-order valence-electron chi connectivity index (χ1n) is 6.20. The number of anilines is 1. The minimum Gasteiger partial charge on any atom is -0.395 e. The van der Waals surface area contributed by atoms with E-state index in [0.29, 0.717) is 24.3 Å². The summed E-state index contributed by atoms with van der Waals surface area (Å²) in [6.45, 7) is 4.66. The van der Waals surface area contributed by atoms with Gasteiger partial charge in [0.1, 0.15) is 0 Å². The number of hydrogen-bond donors (Lipinski definition) is 3. The van der Waals surface area contributed by atoms with Gasteiger partial charge in [-0.25, -0.2) is 0 Å². The minimum absolute atomic E-state index is 0.0194. The van der Waals surface area contributed by atoms with Crippen LogP contribution in [0.15, 0.2) is 36.9 Å². The molecule has 1 aromatic rings. The Morgan fingerprint density at radius 3 is 2.50 bits per heavy atom. The van der Waals surface area contributed by atoms with Crippen molar-refractivity contribution < 1.29 is 14.7 Å². The Hall–Kier alpha value is -2.18. The summed E-state index contributed by atoms with van der Waals surface area (Å²) in [5.74, 6) is -0.713. The maximum atomic E-state index is 11.8. The van der Waals surface area contributed by atoms with Crippen LogP contribution in [0.1, 0.15) is 10.4 Å². The van der Waals surface area contributed by atoms with Crippen LogP contribution in [-0.2, 0) is 4.79 Å². The number of aliphatic hydroxyl groups is 1. The standard InChI is InChI=1S/C14H19N3O3/c1-2-7-17(8-9-18)10-13(19)16-12-5-3-11(4-6-12)14(15)20/h2-6,18H,1,7-10H2,(H2,15,20)(H,16,19). The number of carbonyl (C=O) groups is 2. The van der Waals surface area contributed by atoms with Crippen molar-refractivity contribution in [3.63, 3.8) is 0 Å². The molecule has 0 radical (unpaired) electrons. The van der Waals surface area contributed by atoms with Gasteiger partial charge < -0.3 is 16.2 Å². The fourth-order valence-corrected chi connectivity index (χ4v) is 1.68. The van der Waals surface area contributed by atoms with Gasteiger partial charge in [0, 0.05) is 24.3 Å². The van der Waals surface area contributed by atoms with Crippen LogP contribution in [0.5, 0.6) is 0 Å². The molecule has 0 aliphatic carbocycles. The average molecular weight is 277 g/mol. The molecule has 0 saturated carbocycles. The zero-order valence-corrected chi connectivity index (χ0v) is 11.2. The molecule has 0 saturated heterocycles. The molecule has 6 nitrogen and oxygen atoms in total. The third-order valence-electron chi connectivity index (χ3n) is 2.62. The molecule has 0 atom stereocenters. The molecule has 20 heavy (non-hydrogen) atoms. The van der Waals surface area contributed by atoms with E-state index in [1.165, 1.54) is 0 Å². The SMILES string of the molecule is C=CCN(CCO)CC(=O)Nc1ccc(C(N)=O)cc1. The minimum atomic E-state index is -0.511. The summed E-state index contributed by atoms with van der Waals surface area (Å²) in [6, 6.07) is 6.32. The summed E-state index contributed by atoms with van der Waals surface area (Å²) in [7, 11) is 0. The molecule has 0 aliphatic rings. The second-order valence-electron chi connectivity index (χ2n) is 4.24. The van der Waals surface area contributed by atoms with Gasteiger partial charge in [0.25, 0.3) is 0 Å². The highest BCUT2D eigenvalue weighted by molar-refractivity contribution is 5.95. The van der Waals surface area contributed by atoms with E-state index >= 15 is 0 Å². The normalized spacial score (nSPS) is 10.3. The molecular weight excluding hydrogens is 258 g/mol. The number of aliphatic hydroxyl groups excluding tert-OH is 1. The van der Waals surface area contributed by atoms with Gasteiger partial charge in [-0.3, -0.25) is 14.5 Å². The lowest BCUT2D eigenvalue weighted by molar-refractivity contribution is -0.117. The van der Waals surface area contributed by atoms with E-state index in [0.717, 1.165) is 0 Å². The molecule has 1 rings (SSSR count). The molecule has 2 amide bonds. The van der Waals surface area contributed by atoms with E-state index in [2.05, 4.69) is 11.9 Å². The number of nitrogens with one attached hydrogen (secondary N) is 1. The highest BCUT2D eigenvalue weighted by atomic mass is 16.3. The number of rotatable bonds is 8. The number of hydrogen-bond acceptors (Lipinski definition) is 4. The van der Waals surface area contributed by atoms with Gasteiger partial charge in [0.05, 0.1) is 13.2 Å². The number of amides is 2. The molecule has 108 valence electrons. The topological polar surface area (TPSA) is 95.7 Å². The quantitative estimate of drug-likeness (QED) is 0.592. The van der Waals surface area contributed by atoms with Gasteiger partial charge in [-0.15, -0.1) is 6.58 Å². The predicted octanol–water partition coefficient (Wildman–Crippen LogP) is 0.204. The highest BCUT2D eigenvalue weighted by Gasteiger charge is 2.09. The molecule has 0 spiro atoms. The lowest BCUT2D eigenvalue weighted by Crippen LogP contribution is -2.35. The van der Waals surface area contributed by atoms with Crippen molar-refractivity contribution in [2.45, 2.75) is 0 Å². The Bertz CT molecular complexity index is 471. The highest BCUT2D eigenvalue weighted by Crippen LogP contribution is 2.09. The van der Waals surface area contributed by atoms with E-state index in [-0.39, 0.29) is 19.1 Å². The van der Waals surface area contributed by atoms with E-state index in [9.17, 15) is 9.59 Å². The summed E-state index contributed by atoms with van der Waals surface area (Å²) in [5.41, 5.74) is 6.10. The number of nitrogens with two attached hydrogens (primary N) is 1. The molecule has 0 heterocycles. The Kier molecular flexibility index (Phi) is 6.42. The number of nitrogens with zero attached hydrogens (tertiary/aromatic N) is 1. The van der Waals surface area contributed by atoms with E-state index in [4.69, 9.17) is 10.8 Å². The fraction of sp³-hybridized carbons (Fsp3) is 0.286. The van der Waals surface area contributed by atoms with Crippen LogP contribution in [0.3, 0.4) is 0 Å². The summed E-state index contributed by atoms with van der Waals surface area (Å²) < 4.78 is 0. The van der Waals surface area contributed by atoms with E-state index < -0.39 is 5.91 Å². The maximum absolute atomic E-state index is 11.8. The first kappa shape index (κ1) is 15.9. The van der Waals surface area contributed by atoms with Crippen molar-refractivity contribution in [2.24, 2.45) is 5.73 Å². The summed E-state index contributed by atoms with van der Waals surface area (Å²) >= 11 is 0. The van der Waals surface area contributed by atoms with Crippen molar-refractivity contribution >= 4 is 17.5 Å². The molecule has 1 aromatic carbocycles. The number of carbonyl (C=O) groups excluding carboxylic acids is 2. The zero-order valence-electron chi connectivity index (χ0n) is 11.2. The first-order chi connectivity index (χ1) is 9.56. The number of benzene rings is 1. The van der Waals surface area contributed by atoms with Crippen LogP contribution in [0.2, 0.25) is 0 Å². The Morgan fingerprint density at radius 2 is 2.00 bits per heavy atom. The van der Waals surface area contributed by atoms with Crippen molar-refractivity contribution in [1.82, 2.24) is 4.90 Å². The monoisotopic (exact) mass is 277 g/mol. The van der Waals surface area contributed by atoms with Crippen LogP contribution in [0.4, 0.5) is 5.69 Å². The van der Waals surface area contributed by atoms with Crippen molar-refractivity contribution in [1.29, 1.82) is 0 Å². The molecule has 0 aromatic heterocycles. The fourth-order valence-electron chi connectivity index (χ4n) is 1.68. The van der Waals surface area contributed by atoms with Crippen LogP contribution < -0.4 is 11.1 Å². The number of primary amides is 1. The molecule has 4 N–H and O–H groups in total. The third-order valence-corrected chi connectivity index (χ3v) is 2.62. The summed E-state index contributed by atoms with van der Waals surface area (Å²) in [5, 5.41) is 11.6. The zero-order chi connectivity index (χ0) is 15.0. The van der Waals surface area contributed by atoms with Crippen molar-refractivity contribution in [2.75, 3.05) is 31.6 Å². The maximum Gasteiger partial charge on any atom is 0.248 e.